The van der Waals surface area contributed by atoms with Gasteiger partial charge in [-0.05, 0) is 36.8 Å². The number of likely N-dealkylation sites (N-methyl/N-ethyl adjacent to an activating group) is 1. The number of amides is 1. The van der Waals surface area contributed by atoms with Gasteiger partial charge in [0.05, 0.1) is 23.1 Å². The predicted octanol–water partition coefficient (Wildman–Crippen LogP) is 4.37. The van der Waals surface area contributed by atoms with Gasteiger partial charge in [0.25, 0.3) is 5.91 Å². The fourth-order valence-corrected chi connectivity index (χ4v) is 3.79. The van der Waals surface area contributed by atoms with E-state index < -0.39 is 0 Å². The SMILES string of the molecule is CCOc1cc(C=C2SC(=S)N(C)C2=O)ccc1OCc1ccccc1C#N. The van der Waals surface area contributed by atoms with Crippen LogP contribution in [-0.4, -0.2) is 28.8 Å². The minimum atomic E-state index is -0.110. The molecule has 0 bridgehead atoms. The molecule has 3 rings (SSSR count). The van der Waals surface area contributed by atoms with E-state index in [1.54, 1.807) is 25.3 Å². The van der Waals surface area contributed by atoms with Gasteiger partial charge in [0.15, 0.2) is 11.5 Å². The fourth-order valence-electron chi connectivity index (χ4n) is 2.61. The summed E-state index contributed by atoms with van der Waals surface area (Å²) in [5.74, 6) is 1.05. The fraction of sp³-hybridized carbons (Fsp3) is 0.190. The second-order valence-corrected chi connectivity index (χ2v) is 7.61. The van der Waals surface area contributed by atoms with E-state index in [2.05, 4.69) is 6.07 Å². The molecule has 0 radical (unpaired) electrons. The lowest BCUT2D eigenvalue weighted by Gasteiger charge is -2.13. The normalized spacial score (nSPS) is 15.0. The molecule has 0 spiro atoms. The number of thioether (sulfide) groups is 1. The maximum Gasteiger partial charge on any atom is 0.265 e. The van der Waals surface area contributed by atoms with Gasteiger partial charge in [0, 0.05) is 12.6 Å². The third kappa shape index (κ3) is 4.35. The molecule has 0 atom stereocenters. The molecule has 1 amide bonds. The molecule has 1 aliphatic heterocycles. The largest absolute Gasteiger partial charge is 0.490 e. The van der Waals surface area contributed by atoms with Crippen LogP contribution in [-0.2, 0) is 11.4 Å². The number of carbonyl (C=O) groups excluding carboxylic acids is 1. The number of nitrogens with zero attached hydrogens (tertiary/aromatic N) is 2. The zero-order chi connectivity index (χ0) is 20.1. The molecule has 0 unspecified atom stereocenters. The number of ether oxygens (including phenoxy) is 2. The average molecular weight is 411 g/mol. The van der Waals surface area contributed by atoms with Crippen LogP contribution in [0.4, 0.5) is 0 Å². The number of rotatable bonds is 6. The first kappa shape index (κ1) is 19.9. The highest BCUT2D eigenvalue weighted by Crippen LogP contribution is 2.34. The summed E-state index contributed by atoms with van der Waals surface area (Å²) in [5.41, 5.74) is 2.21. The highest BCUT2D eigenvalue weighted by molar-refractivity contribution is 8.26. The Hall–Kier alpha value is -2.82. The summed E-state index contributed by atoms with van der Waals surface area (Å²) >= 11 is 6.44. The lowest BCUT2D eigenvalue weighted by atomic mass is 10.1. The van der Waals surface area contributed by atoms with Crippen LogP contribution in [0.1, 0.15) is 23.6 Å². The second-order valence-electron chi connectivity index (χ2n) is 5.94. The van der Waals surface area contributed by atoms with Crippen molar-refractivity contribution in [2.45, 2.75) is 13.5 Å². The number of hydrogen-bond donors (Lipinski definition) is 0. The molecule has 28 heavy (non-hydrogen) atoms. The van der Waals surface area contributed by atoms with E-state index in [9.17, 15) is 10.1 Å². The standard InChI is InChI=1S/C21H18N2O3S2/c1-3-25-18-10-14(11-19-20(24)23(2)21(27)28-19)8-9-17(18)26-13-16-7-5-4-6-15(16)12-22/h4-11H,3,13H2,1-2H3. The third-order valence-electron chi connectivity index (χ3n) is 4.07. The van der Waals surface area contributed by atoms with Gasteiger partial charge in [-0.25, -0.2) is 0 Å². The Labute approximate surface area is 173 Å². The number of hydrogen-bond acceptors (Lipinski definition) is 6. The molecule has 1 heterocycles. The van der Waals surface area contributed by atoms with Crippen LogP contribution in [0.15, 0.2) is 47.4 Å². The van der Waals surface area contributed by atoms with Crippen molar-refractivity contribution in [1.29, 1.82) is 5.26 Å². The number of thiocarbonyl (C=S) groups is 1. The highest BCUT2D eigenvalue weighted by atomic mass is 32.2. The summed E-state index contributed by atoms with van der Waals surface area (Å²) in [4.78, 5) is 14.2. The van der Waals surface area contributed by atoms with Gasteiger partial charge in [-0.2, -0.15) is 5.26 Å². The molecule has 0 saturated carbocycles. The molecule has 1 fully saturated rings. The van der Waals surface area contributed by atoms with E-state index >= 15 is 0 Å². The molecule has 1 aliphatic rings. The Morgan fingerprint density at radius 3 is 2.68 bits per heavy atom. The predicted molar refractivity (Wildman–Crippen MR) is 114 cm³/mol. The highest BCUT2D eigenvalue weighted by Gasteiger charge is 2.28. The topological polar surface area (TPSA) is 62.6 Å². The van der Waals surface area contributed by atoms with Crippen molar-refractivity contribution >= 4 is 40.3 Å². The van der Waals surface area contributed by atoms with Crippen LogP contribution in [0, 0.1) is 11.3 Å². The van der Waals surface area contributed by atoms with E-state index in [1.165, 1.54) is 16.7 Å². The third-order valence-corrected chi connectivity index (χ3v) is 5.56. The van der Waals surface area contributed by atoms with Gasteiger partial charge in [-0.3, -0.25) is 9.69 Å². The number of nitriles is 1. The van der Waals surface area contributed by atoms with E-state index in [0.29, 0.717) is 32.9 Å². The summed E-state index contributed by atoms with van der Waals surface area (Å²) in [6, 6.07) is 15.0. The molecule has 5 nitrogen and oxygen atoms in total. The van der Waals surface area contributed by atoms with E-state index in [0.717, 1.165) is 11.1 Å². The molecular weight excluding hydrogens is 392 g/mol. The first-order valence-corrected chi connectivity index (χ1v) is 9.85. The molecule has 1 saturated heterocycles. The van der Waals surface area contributed by atoms with Gasteiger partial charge in [0.2, 0.25) is 0 Å². The molecular formula is C21H18N2O3S2. The molecule has 142 valence electrons. The summed E-state index contributed by atoms with van der Waals surface area (Å²) in [6.45, 7) is 2.63. The molecule has 2 aromatic rings. The van der Waals surface area contributed by atoms with Gasteiger partial charge in [-0.15, -0.1) is 0 Å². The van der Waals surface area contributed by atoms with E-state index in [1.807, 2.05) is 37.3 Å². The lowest BCUT2D eigenvalue weighted by molar-refractivity contribution is -0.121. The summed E-state index contributed by atoms with van der Waals surface area (Å²) in [5, 5.41) is 9.21. The van der Waals surface area contributed by atoms with Crippen molar-refractivity contribution in [3.8, 4) is 17.6 Å². The van der Waals surface area contributed by atoms with Crippen LogP contribution in [0.25, 0.3) is 6.08 Å². The Morgan fingerprint density at radius 1 is 1.21 bits per heavy atom. The van der Waals surface area contributed by atoms with Crippen molar-refractivity contribution < 1.29 is 14.3 Å². The molecule has 7 heteroatoms. The summed E-state index contributed by atoms with van der Waals surface area (Å²) in [6.07, 6.45) is 1.79. The lowest BCUT2D eigenvalue weighted by Crippen LogP contribution is -2.22. The maximum absolute atomic E-state index is 12.2. The molecule has 0 N–H and O–H groups in total. The van der Waals surface area contributed by atoms with E-state index in [4.69, 9.17) is 21.7 Å². The second kappa shape index (κ2) is 8.91. The molecule has 0 aliphatic carbocycles. The van der Waals surface area contributed by atoms with Crippen molar-refractivity contribution in [2.75, 3.05) is 13.7 Å². The summed E-state index contributed by atoms with van der Waals surface area (Å²) < 4.78 is 12.1. The van der Waals surface area contributed by atoms with E-state index in [-0.39, 0.29) is 12.5 Å². The van der Waals surface area contributed by atoms with Gasteiger partial charge < -0.3 is 9.47 Å². The van der Waals surface area contributed by atoms with Crippen molar-refractivity contribution in [2.24, 2.45) is 0 Å². The minimum absolute atomic E-state index is 0.110. The van der Waals surface area contributed by atoms with Gasteiger partial charge in [0.1, 0.15) is 10.9 Å². The number of benzene rings is 2. The zero-order valence-electron chi connectivity index (χ0n) is 15.5. The van der Waals surface area contributed by atoms with Crippen LogP contribution < -0.4 is 9.47 Å². The van der Waals surface area contributed by atoms with Crippen molar-refractivity contribution in [3.05, 3.63) is 64.1 Å². The first-order valence-electron chi connectivity index (χ1n) is 8.62. The monoisotopic (exact) mass is 410 g/mol. The summed E-state index contributed by atoms with van der Waals surface area (Å²) in [7, 11) is 1.67. The zero-order valence-corrected chi connectivity index (χ0v) is 17.1. The van der Waals surface area contributed by atoms with Crippen molar-refractivity contribution in [3.63, 3.8) is 0 Å². The van der Waals surface area contributed by atoms with Crippen LogP contribution in [0.5, 0.6) is 11.5 Å². The van der Waals surface area contributed by atoms with Gasteiger partial charge in [-0.1, -0.05) is 48.2 Å². The molecule has 2 aromatic carbocycles. The Bertz CT molecular complexity index is 995. The van der Waals surface area contributed by atoms with Crippen LogP contribution >= 0.6 is 24.0 Å². The van der Waals surface area contributed by atoms with Crippen molar-refractivity contribution in [1.82, 2.24) is 4.90 Å². The molecule has 0 aromatic heterocycles. The average Bonchev–Trinajstić information content (AvgIpc) is 2.94. The first-order chi connectivity index (χ1) is 13.5. The number of carbonyl (C=O) groups is 1. The Kier molecular flexibility index (Phi) is 6.34. The van der Waals surface area contributed by atoms with Gasteiger partial charge >= 0.3 is 0 Å². The smallest absolute Gasteiger partial charge is 0.265 e. The quantitative estimate of drug-likeness (QED) is 0.521. The Morgan fingerprint density at radius 2 is 2.00 bits per heavy atom. The Balaban J connectivity index is 1.83. The minimum Gasteiger partial charge on any atom is -0.490 e. The van der Waals surface area contributed by atoms with Crippen LogP contribution in [0.2, 0.25) is 0 Å². The maximum atomic E-state index is 12.2. The van der Waals surface area contributed by atoms with Crippen LogP contribution in [0.3, 0.4) is 0 Å².